The van der Waals surface area contributed by atoms with Crippen LogP contribution in [-0.4, -0.2) is 12.5 Å². The zero-order valence-electron chi connectivity index (χ0n) is 6.88. The summed E-state index contributed by atoms with van der Waals surface area (Å²) in [5.41, 5.74) is 1.46. The van der Waals surface area contributed by atoms with Crippen LogP contribution in [0.15, 0.2) is 30.3 Å². The van der Waals surface area contributed by atoms with E-state index in [1.807, 2.05) is 0 Å². The highest BCUT2D eigenvalue weighted by atomic mass is 127. The number of hydrogen-bond acceptors (Lipinski definition) is 0. The first-order valence-corrected chi connectivity index (χ1v) is 8.69. The van der Waals surface area contributed by atoms with Gasteiger partial charge in [0, 0.05) is 5.75 Å². The molecule has 0 spiro atoms. The molecule has 0 heterocycles. The molecule has 1 aromatic carbocycles. The van der Waals surface area contributed by atoms with Crippen molar-refractivity contribution in [3.05, 3.63) is 35.9 Å². The molecule has 0 saturated carbocycles. The molecular formula is C9H13IS. The highest BCUT2D eigenvalue weighted by molar-refractivity contribution is 14.2. The van der Waals surface area contributed by atoms with Gasteiger partial charge in [-0.1, -0.05) is 30.3 Å². The molecule has 0 saturated heterocycles. The van der Waals surface area contributed by atoms with Crippen LogP contribution in [-0.2, 0) is 5.75 Å². The molecule has 0 aliphatic heterocycles. The van der Waals surface area contributed by atoms with Gasteiger partial charge in [-0.25, -0.2) is 0 Å². The molecule has 1 rings (SSSR count). The van der Waals surface area contributed by atoms with Gasteiger partial charge in [-0.3, -0.25) is 0 Å². The van der Waals surface area contributed by atoms with Crippen LogP contribution in [0, 0.1) is 0 Å². The van der Waals surface area contributed by atoms with Gasteiger partial charge in [0.05, 0.1) is 0 Å². The second kappa shape index (κ2) is 3.81. The molecule has 11 heavy (non-hydrogen) atoms. The van der Waals surface area contributed by atoms with Crippen molar-refractivity contribution >= 4 is 28.4 Å². The number of halogens is 1. The molecule has 2 heteroatoms. The minimum Gasteiger partial charge on any atom is -0.189 e. The molecule has 0 atom stereocenters. The maximum atomic E-state index is 2.56. The summed E-state index contributed by atoms with van der Waals surface area (Å²) in [4.78, 5) is 0. The second-order valence-electron chi connectivity index (χ2n) is 3.03. The van der Waals surface area contributed by atoms with Crippen molar-refractivity contribution in [2.45, 2.75) is 5.75 Å². The highest BCUT2D eigenvalue weighted by Crippen LogP contribution is 2.51. The van der Waals surface area contributed by atoms with E-state index >= 15 is 0 Å². The van der Waals surface area contributed by atoms with Crippen molar-refractivity contribution in [3.8, 4) is 0 Å². The Morgan fingerprint density at radius 2 is 1.73 bits per heavy atom. The first-order chi connectivity index (χ1) is 5.08. The molecule has 0 aliphatic carbocycles. The van der Waals surface area contributed by atoms with Gasteiger partial charge < -0.3 is 0 Å². The zero-order chi connectivity index (χ0) is 8.32. The monoisotopic (exact) mass is 280 g/mol. The lowest BCUT2D eigenvalue weighted by Gasteiger charge is -2.22. The fourth-order valence-electron chi connectivity index (χ4n) is 0.971. The minimum atomic E-state index is -0.407. The van der Waals surface area contributed by atoms with Gasteiger partial charge >= 0.3 is 0 Å². The molecule has 0 nitrogen and oxygen atoms in total. The first kappa shape index (κ1) is 9.39. The number of rotatable bonds is 2. The Labute approximate surface area is 82.3 Å². The topological polar surface area (TPSA) is 0 Å². The average molecular weight is 280 g/mol. The summed E-state index contributed by atoms with van der Waals surface area (Å²) < 4.78 is 0. The Hall–Kier alpha value is 0.300. The Morgan fingerprint density at radius 3 is 2.18 bits per heavy atom. The van der Waals surface area contributed by atoms with Crippen LogP contribution >= 0.6 is 28.4 Å². The van der Waals surface area contributed by atoms with Gasteiger partial charge in [0.2, 0.25) is 0 Å². The predicted octanol–water partition coefficient (Wildman–Crippen LogP) is 3.60. The van der Waals surface area contributed by atoms with Gasteiger partial charge in [0.1, 0.15) is 0 Å². The van der Waals surface area contributed by atoms with Crippen LogP contribution in [0.1, 0.15) is 5.56 Å². The van der Waals surface area contributed by atoms with Gasteiger partial charge in [-0.05, 0) is 39.3 Å². The smallest absolute Gasteiger partial charge is 0.0103 e. The van der Waals surface area contributed by atoms with E-state index < -0.39 is 7.20 Å². The summed E-state index contributed by atoms with van der Waals surface area (Å²) >= 11 is 2.56. The van der Waals surface area contributed by atoms with E-state index in [-0.39, 0.29) is 0 Å². The van der Waals surface area contributed by atoms with E-state index in [0.29, 0.717) is 0 Å². The van der Waals surface area contributed by atoms with Gasteiger partial charge in [0.15, 0.2) is 0 Å². The Morgan fingerprint density at radius 1 is 1.18 bits per heavy atom. The Kier molecular flexibility index (Phi) is 3.25. The van der Waals surface area contributed by atoms with E-state index in [1.54, 1.807) is 0 Å². The first-order valence-electron chi connectivity index (χ1n) is 3.52. The van der Waals surface area contributed by atoms with Crippen molar-refractivity contribution in [1.29, 1.82) is 0 Å². The van der Waals surface area contributed by atoms with E-state index in [1.165, 1.54) is 11.3 Å². The SMILES string of the molecule is CS(C)(I)Cc1ccccc1. The molecule has 0 radical (unpaired) electrons. The molecule has 0 fully saturated rings. The Balaban J connectivity index is 2.66. The molecule has 1 aromatic rings. The standard InChI is InChI=1S/C9H13IS/c1-11(2,10)8-9-6-4-3-5-7-9/h3-7H,8H2,1-2H3. The molecular weight excluding hydrogens is 267 g/mol. The Bertz CT molecular complexity index is 213. The fourth-order valence-corrected chi connectivity index (χ4v) is 3.03. The molecule has 0 N–H and O–H groups in total. The zero-order valence-corrected chi connectivity index (χ0v) is 9.85. The molecule has 0 bridgehead atoms. The normalized spacial score (nSPS) is 13.0. The van der Waals surface area contributed by atoms with E-state index in [4.69, 9.17) is 0 Å². The second-order valence-corrected chi connectivity index (χ2v) is 13.3. The molecule has 62 valence electrons. The van der Waals surface area contributed by atoms with Gasteiger partial charge in [0.25, 0.3) is 0 Å². The largest absolute Gasteiger partial charge is 0.189 e. The van der Waals surface area contributed by atoms with Crippen LogP contribution in [0.2, 0.25) is 0 Å². The number of benzene rings is 1. The van der Waals surface area contributed by atoms with Crippen LogP contribution in [0.25, 0.3) is 0 Å². The van der Waals surface area contributed by atoms with Crippen molar-refractivity contribution in [2.75, 3.05) is 12.5 Å². The molecule has 0 aromatic heterocycles. The molecule has 0 amide bonds. The van der Waals surface area contributed by atoms with E-state index in [2.05, 4.69) is 64.0 Å². The van der Waals surface area contributed by atoms with Crippen molar-refractivity contribution < 1.29 is 0 Å². The quantitative estimate of drug-likeness (QED) is 0.726. The van der Waals surface area contributed by atoms with Crippen molar-refractivity contribution in [2.24, 2.45) is 0 Å². The third-order valence-corrected chi connectivity index (χ3v) is 3.31. The average Bonchev–Trinajstić information content (AvgIpc) is 1.85. The lowest BCUT2D eigenvalue weighted by molar-refractivity contribution is 1.41. The molecule has 0 unspecified atom stereocenters. The summed E-state index contributed by atoms with van der Waals surface area (Å²) in [5.74, 6) is 1.23. The van der Waals surface area contributed by atoms with Gasteiger partial charge in [-0.15, -0.1) is 0 Å². The lowest BCUT2D eigenvalue weighted by atomic mass is 10.2. The van der Waals surface area contributed by atoms with E-state index in [9.17, 15) is 0 Å². The summed E-state index contributed by atoms with van der Waals surface area (Å²) in [6.07, 6.45) is 4.67. The van der Waals surface area contributed by atoms with Gasteiger partial charge in [-0.2, -0.15) is 7.20 Å². The van der Waals surface area contributed by atoms with Crippen LogP contribution in [0.3, 0.4) is 0 Å². The van der Waals surface area contributed by atoms with E-state index in [0.717, 1.165) is 0 Å². The predicted molar refractivity (Wildman–Crippen MR) is 63.6 cm³/mol. The lowest BCUT2D eigenvalue weighted by Crippen LogP contribution is -1.89. The summed E-state index contributed by atoms with van der Waals surface area (Å²) in [5, 5.41) is 0. The third kappa shape index (κ3) is 4.01. The van der Waals surface area contributed by atoms with Crippen molar-refractivity contribution in [1.82, 2.24) is 0 Å². The fraction of sp³-hybridized carbons (Fsp3) is 0.333. The minimum absolute atomic E-state index is 0.407. The maximum absolute atomic E-state index is 2.56. The van der Waals surface area contributed by atoms with Crippen molar-refractivity contribution in [3.63, 3.8) is 0 Å². The summed E-state index contributed by atoms with van der Waals surface area (Å²) in [6, 6.07) is 10.7. The number of hydrogen-bond donors (Lipinski definition) is 0. The van der Waals surface area contributed by atoms with Crippen LogP contribution in [0.5, 0.6) is 0 Å². The summed E-state index contributed by atoms with van der Waals surface area (Å²) in [7, 11) is -0.407. The molecule has 0 aliphatic rings. The maximum Gasteiger partial charge on any atom is 0.0103 e. The summed E-state index contributed by atoms with van der Waals surface area (Å²) in [6.45, 7) is 0. The van der Waals surface area contributed by atoms with Crippen LogP contribution < -0.4 is 0 Å². The highest BCUT2D eigenvalue weighted by Gasteiger charge is 2.05. The van der Waals surface area contributed by atoms with Crippen LogP contribution in [0.4, 0.5) is 0 Å². The third-order valence-electron chi connectivity index (χ3n) is 1.35.